The van der Waals surface area contributed by atoms with Crippen molar-refractivity contribution in [1.82, 2.24) is 0 Å². The van der Waals surface area contributed by atoms with Crippen LogP contribution < -0.4 is 0 Å². The van der Waals surface area contributed by atoms with Crippen LogP contribution in [0.1, 0.15) is 19.4 Å². The summed E-state index contributed by atoms with van der Waals surface area (Å²) < 4.78 is 25.6. The van der Waals surface area contributed by atoms with Gasteiger partial charge in [-0.2, -0.15) is 4.39 Å². The Labute approximate surface area is 85.3 Å². The van der Waals surface area contributed by atoms with Crippen molar-refractivity contribution >= 4 is 5.69 Å². The Morgan fingerprint density at radius 2 is 1.93 bits per heavy atom. The fraction of sp³-hybridized carbons (Fsp3) is 0.333. The lowest BCUT2D eigenvalue weighted by Crippen LogP contribution is -2.00. The van der Waals surface area contributed by atoms with Gasteiger partial charge < -0.3 is 5.11 Å². The Morgan fingerprint density at radius 3 is 2.33 bits per heavy atom. The second kappa shape index (κ2) is 6.02. The average Bonchev–Trinajstić information content (AvgIpc) is 2.21. The number of aliphatic hydroxyl groups excluding tert-OH is 1. The molecule has 0 bridgehead atoms. The number of benzene rings is 1. The molecule has 1 N–H and O–H groups in total. The number of nitro benzene ring substituents is 1. The zero-order valence-corrected chi connectivity index (χ0v) is 8.33. The fourth-order valence-electron chi connectivity index (χ4n) is 0.871. The number of halogens is 2. The lowest BCUT2D eigenvalue weighted by Gasteiger charge is -2.00. The van der Waals surface area contributed by atoms with Crippen LogP contribution in [-0.2, 0) is 6.61 Å². The molecule has 0 unspecified atom stereocenters. The largest absolute Gasteiger partial charge is 0.391 e. The highest BCUT2D eigenvalue weighted by atomic mass is 19.1. The molecule has 1 aromatic carbocycles. The fourth-order valence-corrected chi connectivity index (χ4v) is 0.871. The normalized spacial score (nSPS) is 9.13. The molecule has 0 radical (unpaired) electrons. The van der Waals surface area contributed by atoms with Crippen molar-refractivity contribution in [2.45, 2.75) is 20.5 Å². The van der Waals surface area contributed by atoms with Gasteiger partial charge in [-0.15, -0.1) is 0 Å². The highest BCUT2D eigenvalue weighted by Crippen LogP contribution is 2.22. The second-order valence-corrected chi connectivity index (χ2v) is 2.27. The molecule has 0 aliphatic carbocycles. The van der Waals surface area contributed by atoms with Gasteiger partial charge in [-0.1, -0.05) is 13.8 Å². The standard InChI is InChI=1S/C7H5F2NO3.C2H6/c8-5-1-2-6(10(12)13)7(9)4(5)3-11;1-2/h1-2,11H,3H2;1-2H3. The molecule has 0 aromatic heterocycles. The molecule has 0 aliphatic heterocycles. The van der Waals surface area contributed by atoms with E-state index in [-0.39, 0.29) is 0 Å². The smallest absolute Gasteiger partial charge is 0.305 e. The molecule has 84 valence electrons. The van der Waals surface area contributed by atoms with Crippen LogP contribution >= 0.6 is 0 Å². The van der Waals surface area contributed by atoms with Crippen LogP contribution in [0.4, 0.5) is 14.5 Å². The third-order valence-corrected chi connectivity index (χ3v) is 1.52. The van der Waals surface area contributed by atoms with Crippen molar-refractivity contribution in [3.63, 3.8) is 0 Å². The summed E-state index contributed by atoms with van der Waals surface area (Å²) in [6, 6.07) is 1.45. The summed E-state index contributed by atoms with van der Waals surface area (Å²) >= 11 is 0. The average molecular weight is 219 g/mol. The lowest BCUT2D eigenvalue weighted by molar-refractivity contribution is -0.387. The Hall–Kier alpha value is -1.56. The van der Waals surface area contributed by atoms with Gasteiger partial charge >= 0.3 is 5.69 Å². The van der Waals surface area contributed by atoms with Gasteiger partial charge in [0.25, 0.3) is 0 Å². The SMILES string of the molecule is CC.O=[N+]([O-])c1ccc(F)c(CO)c1F. The summed E-state index contributed by atoms with van der Waals surface area (Å²) in [5, 5.41) is 18.7. The van der Waals surface area contributed by atoms with E-state index in [1.807, 2.05) is 13.8 Å². The number of aliphatic hydroxyl groups is 1. The van der Waals surface area contributed by atoms with Gasteiger partial charge in [-0.3, -0.25) is 10.1 Å². The molecule has 0 saturated heterocycles. The molecule has 4 nitrogen and oxygen atoms in total. The number of hydrogen-bond acceptors (Lipinski definition) is 3. The van der Waals surface area contributed by atoms with Crippen LogP contribution in [0, 0.1) is 21.7 Å². The summed E-state index contributed by atoms with van der Waals surface area (Å²) in [5.41, 5.74) is -1.53. The van der Waals surface area contributed by atoms with Crippen molar-refractivity contribution in [2.75, 3.05) is 0 Å². The molecule has 15 heavy (non-hydrogen) atoms. The maximum atomic E-state index is 12.9. The van der Waals surface area contributed by atoms with Gasteiger partial charge in [-0.25, -0.2) is 4.39 Å². The Balaban J connectivity index is 0.000000921. The van der Waals surface area contributed by atoms with E-state index in [1.54, 1.807) is 0 Å². The molecule has 0 spiro atoms. The van der Waals surface area contributed by atoms with E-state index in [2.05, 4.69) is 0 Å². The van der Waals surface area contributed by atoms with Gasteiger partial charge in [0, 0.05) is 6.07 Å². The second-order valence-electron chi connectivity index (χ2n) is 2.27. The summed E-state index contributed by atoms with van der Waals surface area (Å²) in [7, 11) is 0. The molecular formula is C9H11F2NO3. The monoisotopic (exact) mass is 219 g/mol. The van der Waals surface area contributed by atoms with Gasteiger partial charge in [0.05, 0.1) is 17.1 Å². The maximum absolute atomic E-state index is 12.9. The van der Waals surface area contributed by atoms with Crippen molar-refractivity contribution in [1.29, 1.82) is 0 Å². The predicted molar refractivity (Wildman–Crippen MR) is 50.3 cm³/mol. The quantitative estimate of drug-likeness (QED) is 0.613. The number of nitro groups is 1. The molecule has 0 aliphatic rings. The number of rotatable bonds is 2. The van der Waals surface area contributed by atoms with Gasteiger partial charge in [0.1, 0.15) is 5.82 Å². The molecule has 0 saturated carbocycles. The molecular weight excluding hydrogens is 208 g/mol. The minimum atomic E-state index is -1.33. The van der Waals surface area contributed by atoms with Crippen molar-refractivity contribution in [3.05, 3.63) is 39.4 Å². The predicted octanol–water partition coefficient (Wildman–Crippen LogP) is 2.39. The van der Waals surface area contributed by atoms with Crippen molar-refractivity contribution in [2.24, 2.45) is 0 Å². The molecule has 0 heterocycles. The number of hydrogen-bond donors (Lipinski definition) is 1. The minimum absolute atomic E-state index is 0.686. The molecule has 6 heteroatoms. The van der Waals surface area contributed by atoms with Crippen molar-refractivity contribution in [3.8, 4) is 0 Å². The highest BCUT2D eigenvalue weighted by molar-refractivity contribution is 5.37. The summed E-state index contributed by atoms with van der Waals surface area (Å²) in [4.78, 5) is 9.18. The van der Waals surface area contributed by atoms with E-state index in [4.69, 9.17) is 5.11 Å². The molecule has 0 amide bonds. The summed E-state index contributed by atoms with van der Waals surface area (Å²) in [6.45, 7) is 3.10. The Bertz CT molecular complexity index is 355. The van der Waals surface area contributed by atoms with E-state index in [0.717, 1.165) is 6.07 Å². The summed E-state index contributed by atoms with van der Waals surface area (Å²) in [6.07, 6.45) is 0. The first-order chi connectivity index (χ1) is 7.07. The van der Waals surface area contributed by atoms with E-state index in [9.17, 15) is 18.9 Å². The Kier molecular flexibility index (Phi) is 5.40. The lowest BCUT2D eigenvalue weighted by atomic mass is 10.2. The first-order valence-corrected chi connectivity index (χ1v) is 4.30. The van der Waals surface area contributed by atoms with Gasteiger partial charge in [-0.05, 0) is 6.07 Å². The van der Waals surface area contributed by atoms with Crippen LogP contribution in [0.25, 0.3) is 0 Å². The zero-order valence-electron chi connectivity index (χ0n) is 8.33. The first-order valence-electron chi connectivity index (χ1n) is 4.30. The van der Waals surface area contributed by atoms with Crippen LogP contribution in [-0.4, -0.2) is 10.0 Å². The van der Waals surface area contributed by atoms with Gasteiger partial charge in [0.2, 0.25) is 5.82 Å². The van der Waals surface area contributed by atoms with Crippen LogP contribution in [0.3, 0.4) is 0 Å². The molecule has 0 fully saturated rings. The van der Waals surface area contributed by atoms with E-state index >= 15 is 0 Å². The van der Waals surface area contributed by atoms with E-state index < -0.39 is 34.4 Å². The van der Waals surface area contributed by atoms with Crippen LogP contribution in [0.15, 0.2) is 12.1 Å². The highest BCUT2D eigenvalue weighted by Gasteiger charge is 2.20. The van der Waals surface area contributed by atoms with Crippen LogP contribution in [0.2, 0.25) is 0 Å². The molecule has 1 aromatic rings. The zero-order chi connectivity index (χ0) is 12.0. The third-order valence-electron chi connectivity index (χ3n) is 1.52. The topological polar surface area (TPSA) is 63.4 Å². The maximum Gasteiger partial charge on any atom is 0.305 e. The first kappa shape index (κ1) is 13.4. The van der Waals surface area contributed by atoms with E-state index in [0.29, 0.717) is 6.07 Å². The van der Waals surface area contributed by atoms with E-state index in [1.165, 1.54) is 0 Å². The van der Waals surface area contributed by atoms with Crippen LogP contribution in [0.5, 0.6) is 0 Å². The third kappa shape index (κ3) is 2.95. The van der Waals surface area contributed by atoms with Gasteiger partial charge in [0.15, 0.2) is 0 Å². The number of nitrogens with zero attached hydrogens (tertiary/aromatic N) is 1. The minimum Gasteiger partial charge on any atom is -0.391 e. The molecule has 1 rings (SSSR count). The van der Waals surface area contributed by atoms with Crippen molar-refractivity contribution < 1.29 is 18.8 Å². The Morgan fingerprint density at radius 1 is 1.40 bits per heavy atom. The molecule has 0 atom stereocenters. The summed E-state index contributed by atoms with van der Waals surface area (Å²) in [5.74, 6) is -2.32.